The Morgan fingerprint density at radius 2 is 1.81 bits per heavy atom. The summed E-state index contributed by atoms with van der Waals surface area (Å²) in [4.78, 5) is 0. The Morgan fingerprint density at radius 3 is 2.31 bits per heavy atom. The summed E-state index contributed by atoms with van der Waals surface area (Å²) in [5.41, 5.74) is 6.64. The summed E-state index contributed by atoms with van der Waals surface area (Å²) in [6, 6.07) is 0. The summed E-state index contributed by atoms with van der Waals surface area (Å²) in [6.07, 6.45) is 9.39. The van der Waals surface area contributed by atoms with Gasteiger partial charge in [-0.3, -0.25) is 0 Å². The van der Waals surface area contributed by atoms with Gasteiger partial charge in [-0.25, -0.2) is 0 Å². The molecule has 0 nitrogen and oxygen atoms in total. The minimum atomic E-state index is -1.17. The van der Waals surface area contributed by atoms with Gasteiger partial charge < -0.3 is 0 Å². The van der Waals surface area contributed by atoms with Gasteiger partial charge in [-0.15, -0.1) is 5.54 Å². The van der Waals surface area contributed by atoms with Gasteiger partial charge in [0.1, 0.15) is 8.07 Å². The van der Waals surface area contributed by atoms with E-state index >= 15 is 0 Å². The van der Waals surface area contributed by atoms with Crippen LogP contribution in [-0.4, -0.2) is 8.07 Å². The Bertz CT molecular complexity index is 307. The first kappa shape index (κ1) is 13.6. The molecule has 0 amide bonds. The molecule has 1 aliphatic rings. The molecule has 1 aliphatic carbocycles. The molecule has 0 unspecified atom stereocenters. The number of allylic oxidation sites excluding steroid dienone is 2. The lowest BCUT2D eigenvalue weighted by molar-refractivity contribution is 0.634. The second kappa shape index (κ2) is 6.30. The molecular weight excluding hydrogens is 208 g/mol. The lowest BCUT2D eigenvalue weighted by atomic mass is 9.85. The standard InChI is InChI=1S/C15H26Si/c1-5-6-7-8-9-14-10-11-15(14)12-13-16(2,3)4/h5-11H2,1-4H3. The quantitative estimate of drug-likeness (QED) is 0.359. The van der Waals surface area contributed by atoms with Gasteiger partial charge in [0.25, 0.3) is 0 Å². The van der Waals surface area contributed by atoms with E-state index in [4.69, 9.17) is 0 Å². The van der Waals surface area contributed by atoms with E-state index in [1.807, 2.05) is 0 Å². The molecule has 0 radical (unpaired) electrons. The van der Waals surface area contributed by atoms with Crippen molar-refractivity contribution in [2.75, 3.05) is 0 Å². The van der Waals surface area contributed by atoms with Crippen LogP contribution in [0.3, 0.4) is 0 Å². The minimum Gasteiger partial charge on any atom is -0.127 e. The van der Waals surface area contributed by atoms with Gasteiger partial charge in [0.15, 0.2) is 0 Å². The second-order valence-corrected chi connectivity index (χ2v) is 10.6. The van der Waals surface area contributed by atoms with Crippen molar-refractivity contribution in [2.45, 2.75) is 71.5 Å². The van der Waals surface area contributed by atoms with Crippen LogP contribution in [0.2, 0.25) is 19.6 Å². The van der Waals surface area contributed by atoms with E-state index in [0.29, 0.717) is 0 Å². The molecular formula is C15H26Si. The van der Waals surface area contributed by atoms with Crippen LogP contribution in [0, 0.1) is 11.5 Å². The van der Waals surface area contributed by atoms with E-state index in [1.54, 1.807) is 5.57 Å². The molecule has 0 saturated heterocycles. The first-order valence-electron chi connectivity index (χ1n) is 6.77. The molecule has 0 atom stereocenters. The third kappa shape index (κ3) is 5.03. The third-order valence-electron chi connectivity index (χ3n) is 3.02. The topological polar surface area (TPSA) is 0 Å². The van der Waals surface area contributed by atoms with E-state index in [0.717, 1.165) is 0 Å². The normalized spacial score (nSPS) is 15.5. The van der Waals surface area contributed by atoms with E-state index in [2.05, 4.69) is 38.0 Å². The van der Waals surface area contributed by atoms with Gasteiger partial charge in [0.2, 0.25) is 0 Å². The maximum atomic E-state index is 3.49. The molecule has 1 rings (SSSR count). The van der Waals surface area contributed by atoms with Crippen molar-refractivity contribution >= 4 is 8.07 Å². The SMILES string of the molecule is CCCCCCC1=C(C#C[Si](C)(C)C)CC1. The summed E-state index contributed by atoms with van der Waals surface area (Å²) in [7, 11) is -1.17. The molecule has 0 saturated carbocycles. The zero-order chi connectivity index (χ0) is 12.0. The van der Waals surface area contributed by atoms with E-state index in [-0.39, 0.29) is 0 Å². The fourth-order valence-electron chi connectivity index (χ4n) is 1.88. The van der Waals surface area contributed by atoms with Crippen molar-refractivity contribution in [1.82, 2.24) is 0 Å². The monoisotopic (exact) mass is 234 g/mol. The lowest BCUT2D eigenvalue weighted by Gasteiger charge is -2.20. The average molecular weight is 234 g/mol. The Balaban J connectivity index is 2.38. The van der Waals surface area contributed by atoms with Crippen LogP contribution in [0.4, 0.5) is 0 Å². The Labute approximate surface area is 103 Å². The van der Waals surface area contributed by atoms with Crippen LogP contribution in [0.5, 0.6) is 0 Å². The highest BCUT2D eigenvalue weighted by atomic mass is 28.3. The van der Waals surface area contributed by atoms with E-state index < -0.39 is 8.07 Å². The van der Waals surface area contributed by atoms with E-state index in [1.165, 1.54) is 50.5 Å². The Hall–Kier alpha value is -0.483. The van der Waals surface area contributed by atoms with Crippen LogP contribution in [0.15, 0.2) is 11.1 Å². The second-order valence-electron chi connectivity index (χ2n) is 5.89. The van der Waals surface area contributed by atoms with Crippen molar-refractivity contribution in [2.24, 2.45) is 0 Å². The molecule has 0 aliphatic heterocycles. The van der Waals surface area contributed by atoms with Gasteiger partial charge in [-0.05, 0) is 25.7 Å². The summed E-state index contributed by atoms with van der Waals surface area (Å²) < 4.78 is 0. The summed E-state index contributed by atoms with van der Waals surface area (Å²) in [6.45, 7) is 9.23. The molecule has 90 valence electrons. The molecule has 0 heterocycles. The van der Waals surface area contributed by atoms with Crippen LogP contribution in [-0.2, 0) is 0 Å². The summed E-state index contributed by atoms with van der Waals surface area (Å²) in [5, 5.41) is 0. The first-order chi connectivity index (χ1) is 7.53. The highest BCUT2D eigenvalue weighted by Crippen LogP contribution is 2.31. The van der Waals surface area contributed by atoms with Gasteiger partial charge in [-0.2, -0.15) is 0 Å². The maximum absolute atomic E-state index is 3.49. The van der Waals surface area contributed by atoms with Crippen LogP contribution < -0.4 is 0 Å². The molecule has 0 fully saturated rings. The Morgan fingerprint density at radius 1 is 1.06 bits per heavy atom. The van der Waals surface area contributed by atoms with Gasteiger partial charge in [0.05, 0.1) is 0 Å². The van der Waals surface area contributed by atoms with Crippen molar-refractivity contribution in [3.05, 3.63) is 11.1 Å². The molecule has 16 heavy (non-hydrogen) atoms. The summed E-state index contributed by atoms with van der Waals surface area (Å²) in [5.74, 6) is 3.44. The lowest BCUT2D eigenvalue weighted by Crippen LogP contribution is -2.17. The van der Waals surface area contributed by atoms with E-state index in [9.17, 15) is 0 Å². The summed E-state index contributed by atoms with van der Waals surface area (Å²) >= 11 is 0. The van der Waals surface area contributed by atoms with Gasteiger partial charge >= 0.3 is 0 Å². The predicted molar refractivity (Wildman–Crippen MR) is 76.1 cm³/mol. The first-order valence-corrected chi connectivity index (χ1v) is 10.3. The molecule has 0 spiro atoms. The molecule has 0 aromatic heterocycles. The van der Waals surface area contributed by atoms with Crippen LogP contribution in [0.25, 0.3) is 0 Å². The smallest absolute Gasteiger partial charge is 0.127 e. The average Bonchev–Trinajstić information content (AvgIpc) is 2.14. The number of rotatable bonds is 5. The predicted octanol–water partition coefficient (Wildman–Crippen LogP) is 4.93. The Kier molecular flexibility index (Phi) is 5.35. The van der Waals surface area contributed by atoms with Crippen molar-refractivity contribution < 1.29 is 0 Å². The number of hydrogen-bond acceptors (Lipinski definition) is 0. The van der Waals surface area contributed by atoms with Crippen LogP contribution in [0.1, 0.15) is 51.9 Å². The molecule has 0 aromatic carbocycles. The zero-order valence-corrected chi connectivity index (χ0v) is 12.4. The number of hydrogen-bond donors (Lipinski definition) is 0. The fraction of sp³-hybridized carbons (Fsp3) is 0.733. The van der Waals surface area contributed by atoms with Gasteiger partial charge in [0, 0.05) is 5.57 Å². The number of unbranched alkanes of at least 4 members (excludes halogenated alkanes) is 3. The van der Waals surface area contributed by atoms with Gasteiger partial charge in [-0.1, -0.05) is 57.3 Å². The molecule has 0 aromatic rings. The largest absolute Gasteiger partial charge is 0.129 e. The highest BCUT2D eigenvalue weighted by Gasteiger charge is 2.15. The molecule has 0 bridgehead atoms. The molecule has 0 N–H and O–H groups in total. The van der Waals surface area contributed by atoms with Crippen molar-refractivity contribution in [1.29, 1.82) is 0 Å². The third-order valence-corrected chi connectivity index (χ3v) is 3.90. The fourth-order valence-corrected chi connectivity index (χ4v) is 2.41. The zero-order valence-electron chi connectivity index (χ0n) is 11.4. The van der Waals surface area contributed by atoms with Crippen molar-refractivity contribution in [3.8, 4) is 11.5 Å². The van der Waals surface area contributed by atoms with Crippen molar-refractivity contribution in [3.63, 3.8) is 0 Å². The molecule has 1 heteroatoms. The highest BCUT2D eigenvalue weighted by molar-refractivity contribution is 6.83. The maximum Gasteiger partial charge on any atom is 0.129 e. The van der Waals surface area contributed by atoms with Crippen LogP contribution >= 0.6 is 0 Å². The minimum absolute atomic E-state index is 1.17.